The summed E-state index contributed by atoms with van der Waals surface area (Å²) < 4.78 is 16.6. The molecule has 8 nitrogen and oxygen atoms in total. The quantitative estimate of drug-likeness (QED) is 0.326. The average Bonchev–Trinajstić information content (AvgIpc) is 3.46. The number of benzene rings is 3. The number of fused-ring (bicyclic) bond motifs is 4. The molecule has 0 aliphatic carbocycles. The van der Waals surface area contributed by atoms with Gasteiger partial charge in [-0.25, -0.2) is 4.39 Å². The van der Waals surface area contributed by atoms with E-state index in [9.17, 15) is 0 Å². The fraction of sp³-hybridized carbons (Fsp3) is 0.143. The number of nitrogens with one attached hydrogen (secondary N) is 1. The van der Waals surface area contributed by atoms with E-state index >= 15 is 4.39 Å². The number of anilines is 4. The minimum atomic E-state index is -0.315. The van der Waals surface area contributed by atoms with Crippen molar-refractivity contribution in [3.63, 3.8) is 0 Å². The van der Waals surface area contributed by atoms with Gasteiger partial charge in [0.1, 0.15) is 5.82 Å². The molecule has 10 heteroatoms. The molecule has 2 aliphatic heterocycles. The Labute approximate surface area is 222 Å². The van der Waals surface area contributed by atoms with Crippen LogP contribution in [0.2, 0.25) is 0 Å². The summed E-state index contributed by atoms with van der Waals surface area (Å²) in [5.74, 6) is 1.53. The van der Waals surface area contributed by atoms with Crippen LogP contribution >= 0.6 is 11.8 Å². The lowest BCUT2D eigenvalue weighted by molar-refractivity contribution is 0.620. The number of hydrogen-bond donors (Lipinski definition) is 2. The second kappa shape index (κ2) is 9.14. The van der Waals surface area contributed by atoms with Gasteiger partial charge in [-0.3, -0.25) is 0 Å². The largest absolute Gasteiger partial charge is 0.368 e. The number of aromatic nitrogens is 5. The number of nitrogens with two attached hydrogens (primary N) is 1. The Morgan fingerprint density at radius 3 is 2.50 bits per heavy atom. The van der Waals surface area contributed by atoms with Crippen molar-refractivity contribution in [3.8, 4) is 17.1 Å². The van der Waals surface area contributed by atoms with Crippen molar-refractivity contribution in [2.24, 2.45) is 0 Å². The highest BCUT2D eigenvalue weighted by molar-refractivity contribution is 7.99. The Morgan fingerprint density at radius 2 is 1.68 bits per heavy atom. The number of halogens is 1. The molecule has 0 fully saturated rings. The number of hydrogen-bond acceptors (Lipinski definition) is 8. The molecule has 0 saturated heterocycles. The van der Waals surface area contributed by atoms with Crippen molar-refractivity contribution in [1.29, 1.82) is 0 Å². The predicted octanol–water partition coefficient (Wildman–Crippen LogP) is 5.36. The molecule has 0 saturated carbocycles. The molecule has 3 aromatic carbocycles. The number of aryl methyl sites for hydroxylation is 1. The number of rotatable bonds is 4. The summed E-state index contributed by atoms with van der Waals surface area (Å²) in [7, 11) is 0. The third-order valence-electron chi connectivity index (χ3n) is 6.87. The predicted molar refractivity (Wildman–Crippen MR) is 147 cm³/mol. The Balaban J connectivity index is 1.12. The van der Waals surface area contributed by atoms with Crippen LogP contribution in [-0.2, 0) is 19.5 Å². The van der Waals surface area contributed by atoms with Crippen LogP contribution in [0, 0.1) is 5.82 Å². The van der Waals surface area contributed by atoms with E-state index in [4.69, 9.17) is 5.73 Å². The molecule has 4 heterocycles. The van der Waals surface area contributed by atoms with Crippen molar-refractivity contribution >= 4 is 35.0 Å². The lowest BCUT2D eigenvalue weighted by Gasteiger charge is -2.19. The van der Waals surface area contributed by atoms with E-state index in [0.717, 1.165) is 29.0 Å². The third-order valence-corrected chi connectivity index (χ3v) is 7.94. The second-order valence-corrected chi connectivity index (χ2v) is 10.4. The Morgan fingerprint density at radius 1 is 0.895 bits per heavy atom. The highest BCUT2D eigenvalue weighted by Gasteiger charge is 2.22. The van der Waals surface area contributed by atoms with E-state index in [2.05, 4.69) is 49.9 Å². The monoisotopic (exact) mass is 522 g/mol. The summed E-state index contributed by atoms with van der Waals surface area (Å²) in [6.45, 7) is 1.38. The maximum atomic E-state index is 15.1. The van der Waals surface area contributed by atoms with Gasteiger partial charge in [0.2, 0.25) is 11.9 Å². The molecule has 0 radical (unpaired) electrons. The first-order valence-electron chi connectivity index (χ1n) is 12.3. The van der Waals surface area contributed by atoms with E-state index in [0.29, 0.717) is 30.3 Å². The van der Waals surface area contributed by atoms with Crippen LogP contribution in [0.25, 0.3) is 17.1 Å². The summed E-state index contributed by atoms with van der Waals surface area (Å²) in [6, 6.07) is 23.4. The Kier molecular flexibility index (Phi) is 5.47. The standard InChI is InChI=1S/C28H23FN8S/c29-22-14-20(9-10-23(22)36-15-18-5-1-2-6-19(18)16-36)31-28-32-27(30)37(35-28)25-13-17-11-12-38-24-8-4-3-7-21(24)26(17)34-33-25/h1-10,13-14H,11-12,15-16H2,(H3,30,31,32,35). The van der Waals surface area contributed by atoms with Crippen LogP contribution < -0.4 is 16.0 Å². The molecular weight excluding hydrogens is 499 g/mol. The summed E-state index contributed by atoms with van der Waals surface area (Å²) in [5.41, 5.74) is 12.8. The first-order chi connectivity index (χ1) is 18.6. The van der Waals surface area contributed by atoms with E-state index in [-0.39, 0.29) is 17.7 Å². The van der Waals surface area contributed by atoms with Gasteiger partial charge in [0.25, 0.3) is 0 Å². The van der Waals surface area contributed by atoms with E-state index in [1.54, 1.807) is 6.07 Å². The second-order valence-electron chi connectivity index (χ2n) is 9.29. The fourth-order valence-corrected chi connectivity index (χ4v) is 6.05. The molecule has 38 heavy (non-hydrogen) atoms. The summed E-state index contributed by atoms with van der Waals surface area (Å²) in [6.07, 6.45) is 0.852. The molecule has 0 spiro atoms. The first kappa shape index (κ1) is 22.7. The number of thioether (sulfide) groups is 1. The minimum absolute atomic E-state index is 0.164. The molecular formula is C28H23FN8S. The maximum Gasteiger partial charge on any atom is 0.248 e. The van der Waals surface area contributed by atoms with Crippen molar-refractivity contribution < 1.29 is 4.39 Å². The van der Waals surface area contributed by atoms with Crippen molar-refractivity contribution in [3.05, 3.63) is 95.3 Å². The molecule has 0 bridgehead atoms. The zero-order valence-electron chi connectivity index (χ0n) is 20.3. The van der Waals surface area contributed by atoms with Crippen LogP contribution in [0.1, 0.15) is 16.7 Å². The van der Waals surface area contributed by atoms with Gasteiger partial charge < -0.3 is 16.0 Å². The van der Waals surface area contributed by atoms with Crippen LogP contribution in [0.4, 0.5) is 27.7 Å². The van der Waals surface area contributed by atoms with Gasteiger partial charge in [0, 0.05) is 35.0 Å². The highest BCUT2D eigenvalue weighted by atomic mass is 32.2. The Bertz CT molecular complexity index is 1660. The van der Waals surface area contributed by atoms with Crippen LogP contribution in [0.3, 0.4) is 0 Å². The molecule has 0 unspecified atom stereocenters. The van der Waals surface area contributed by atoms with Crippen molar-refractivity contribution in [2.45, 2.75) is 24.4 Å². The molecule has 5 aromatic rings. The van der Waals surface area contributed by atoms with Crippen LogP contribution in [-0.4, -0.2) is 30.7 Å². The van der Waals surface area contributed by atoms with Gasteiger partial charge >= 0.3 is 0 Å². The Hall–Kier alpha value is -4.44. The lowest BCUT2D eigenvalue weighted by atomic mass is 10.0. The zero-order valence-corrected chi connectivity index (χ0v) is 21.1. The maximum absolute atomic E-state index is 15.1. The molecule has 2 aliphatic rings. The highest BCUT2D eigenvalue weighted by Crippen LogP contribution is 2.36. The summed E-state index contributed by atoms with van der Waals surface area (Å²) >= 11 is 1.81. The normalized spacial score (nSPS) is 14.0. The lowest BCUT2D eigenvalue weighted by Crippen LogP contribution is -2.16. The summed E-state index contributed by atoms with van der Waals surface area (Å²) in [4.78, 5) is 7.55. The van der Waals surface area contributed by atoms with Crippen molar-refractivity contribution in [2.75, 3.05) is 21.7 Å². The fourth-order valence-electron chi connectivity index (χ4n) is 5.02. The smallest absolute Gasteiger partial charge is 0.248 e. The molecule has 0 amide bonds. The minimum Gasteiger partial charge on any atom is -0.368 e. The van der Waals surface area contributed by atoms with E-state index in [1.807, 2.05) is 53.1 Å². The van der Waals surface area contributed by atoms with Gasteiger partial charge in [0.05, 0.1) is 11.4 Å². The van der Waals surface area contributed by atoms with Gasteiger partial charge in [-0.15, -0.1) is 27.1 Å². The zero-order chi connectivity index (χ0) is 25.6. The molecule has 0 atom stereocenters. The van der Waals surface area contributed by atoms with Crippen LogP contribution in [0.5, 0.6) is 0 Å². The SMILES string of the molecule is Nc1nc(Nc2ccc(N3Cc4ccccc4C3)c(F)c2)nn1-c1cc2c(nn1)-c1ccccc1SCC2. The molecule has 2 aromatic heterocycles. The topological polar surface area (TPSA) is 97.8 Å². The van der Waals surface area contributed by atoms with E-state index < -0.39 is 0 Å². The van der Waals surface area contributed by atoms with Gasteiger partial charge in [-0.2, -0.15) is 9.67 Å². The number of nitrogen functional groups attached to an aromatic ring is 1. The first-order valence-corrected chi connectivity index (χ1v) is 13.3. The van der Waals surface area contributed by atoms with Crippen LogP contribution in [0.15, 0.2) is 77.7 Å². The third kappa shape index (κ3) is 4.03. The average molecular weight is 523 g/mol. The van der Waals surface area contributed by atoms with Gasteiger partial charge in [0.15, 0.2) is 5.82 Å². The number of nitrogens with zero attached hydrogens (tertiary/aromatic N) is 6. The summed E-state index contributed by atoms with van der Waals surface area (Å²) in [5, 5.41) is 16.5. The van der Waals surface area contributed by atoms with Crippen molar-refractivity contribution in [1.82, 2.24) is 25.0 Å². The molecule has 7 rings (SSSR count). The molecule has 188 valence electrons. The van der Waals surface area contributed by atoms with Gasteiger partial charge in [-0.1, -0.05) is 42.5 Å². The van der Waals surface area contributed by atoms with Gasteiger partial charge in [-0.05, 0) is 53.4 Å². The van der Waals surface area contributed by atoms with E-state index in [1.165, 1.54) is 26.8 Å². The molecule has 3 N–H and O–H groups in total.